The molecule has 1 heterocycles. The summed E-state index contributed by atoms with van der Waals surface area (Å²) in [4.78, 5) is 2.39. The Labute approximate surface area is 110 Å². The summed E-state index contributed by atoms with van der Waals surface area (Å²) in [5, 5.41) is 3.45. The summed E-state index contributed by atoms with van der Waals surface area (Å²) in [6, 6.07) is 6.09. The Balaban J connectivity index is 2.08. The van der Waals surface area contributed by atoms with Crippen molar-refractivity contribution in [3.05, 3.63) is 34.1 Å². The number of hydrogen-bond acceptors (Lipinski definition) is 2. The first-order chi connectivity index (χ1) is 8.04. The number of piperazine rings is 1. The maximum atomic E-state index is 13.3. The first-order valence-electron chi connectivity index (χ1n) is 5.97. The molecule has 0 aliphatic carbocycles. The third kappa shape index (κ3) is 3.50. The van der Waals surface area contributed by atoms with Crippen LogP contribution in [0.15, 0.2) is 22.7 Å². The van der Waals surface area contributed by atoms with Crippen LogP contribution in [-0.4, -0.2) is 30.1 Å². The largest absolute Gasteiger partial charge is 0.311 e. The van der Waals surface area contributed by atoms with Crippen molar-refractivity contribution in [2.45, 2.75) is 32.5 Å². The molecule has 0 spiro atoms. The van der Waals surface area contributed by atoms with Gasteiger partial charge >= 0.3 is 0 Å². The highest BCUT2D eigenvalue weighted by molar-refractivity contribution is 9.10. The van der Waals surface area contributed by atoms with Gasteiger partial charge in [0.2, 0.25) is 0 Å². The van der Waals surface area contributed by atoms with E-state index in [9.17, 15) is 4.39 Å². The van der Waals surface area contributed by atoms with Gasteiger partial charge in [-0.05, 0) is 37.6 Å². The molecule has 0 bridgehead atoms. The average Bonchev–Trinajstić information content (AvgIpc) is 2.22. The second-order valence-corrected chi connectivity index (χ2v) is 5.78. The highest BCUT2D eigenvalue weighted by Crippen LogP contribution is 2.18. The fourth-order valence-corrected chi connectivity index (χ4v) is 2.77. The molecule has 0 radical (unpaired) electrons. The van der Waals surface area contributed by atoms with Gasteiger partial charge in [-0.25, -0.2) is 4.39 Å². The van der Waals surface area contributed by atoms with Crippen LogP contribution in [-0.2, 0) is 6.54 Å². The Kier molecular flexibility index (Phi) is 4.17. The first kappa shape index (κ1) is 13.0. The SMILES string of the molecule is CC1CN(Cc2cc(F)cc(Br)c2)C(C)CN1. The van der Waals surface area contributed by atoms with E-state index in [0.717, 1.165) is 29.7 Å². The third-order valence-corrected chi connectivity index (χ3v) is 3.66. The average molecular weight is 301 g/mol. The second kappa shape index (κ2) is 5.46. The summed E-state index contributed by atoms with van der Waals surface area (Å²) < 4.78 is 14.1. The molecule has 1 saturated heterocycles. The van der Waals surface area contributed by atoms with Crippen molar-refractivity contribution in [1.29, 1.82) is 0 Å². The summed E-state index contributed by atoms with van der Waals surface area (Å²) in [6.45, 7) is 7.20. The minimum Gasteiger partial charge on any atom is -0.311 e. The molecule has 1 N–H and O–H groups in total. The maximum Gasteiger partial charge on any atom is 0.124 e. The number of nitrogens with zero attached hydrogens (tertiary/aromatic N) is 1. The maximum absolute atomic E-state index is 13.3. The molecule has 1 aromatic rings. The van der Waals surface area contributed by atoms with E-state index in [-0.39, 0.29) is 5.82 Å². The first-order valence-corrected chi connectivity index (χ1v) is 6.76. The lowest BCUT2D eigenvalue weighted by molar-refractivity contribution is 0.138. The number of halogens is 2. The second-order valence-electron chi connectivity index (χ2n) is 4.87. The molecule has 0 saturated carbocycles. The fraction of sp³-hybridized carbons (Fsp3) is 0.538. The van der Waals surface area contributed by atoms with Gasteiger partial charge < -0.3 is 5.32 Å². The van der Waals surface area contributed by atoms with E-state index in [2.05, 4.69) is 40.0 Å². The third-order valence-electron chi connectivity index (χ3n) is 3.20. The van der Waals surface area contributed by atoms with E-state index in [1.165, 1.54) is 6.07 Å². The lowest BCUT2D eigenvalue weighted by Gasteiger charge is -2.37. The Bertz CT molecular complexity index is 377. The van der Waals surface area contributed by atoms with Crippen molar-refractivity contribution in [3.63, 3.8) is 0 Å². The Hall–Kier alpha value is -0.450. The van der Waals surface area contributed by atoms with Crippen LogP contribution >= 0.6 is 15.9 Å². The molecular weight excluding hydrogens is 283 g/mol. The van der Waals surface area contributed by atoms with E-state index in [4.69, 9.17) is 0 Å². The van der Waals surface area contributed by atoms with Gasteiger partial charge in [0.15, 0.2) is 0 Å². The van der Waals surface area contributed by atoms with Crippen molar-refractivity contribution in [3.8, 4) is 0 Å². The lowest BCUT2D eigenvalue weighted by Crippen LogP contribution is -2.53. The smallest absolute Gasteiger partial charge is 0.124 e. The molecule has 2 rings (SSSR count). The van der Waals surface area contributed by atoms with Crippen molar-refractivity contribution < 1.29 is 4.39 Å². The number of hydrogen-bond donors (Lipinski definition) is 1. The monoisotopic (exact) mass is 300 g/mol. The summed E-state index contributed by atoms with van der Waals surface area (Å²) in [5.74, 6) is -0.176. The summed E-state index contributed by atoms with van der Waals surface area (Å²) in [6.07, 6.45) is 0. The van der Waals surface area contributed by atoms with E-state index >= 15 is 0 Å². The van der Waals surface area contributed by atoms with Gasteiger partial charge in [-0.1, -0.05) is 15.9 Å². The van der Waals surface area contributed by atoms with Gasteiger partial charge in [0.25, 0.3) is 0 Å². The van der Waals surface area contributed by atoms with Crippen LogP contribution in [0.1, 0.15) is 19.4 Å². The van der Waals surface area contributed by atoms with Crippen molar-refractivity contribution in [2.24, 2.45) is 0 Å². The van der Waals surface area contributed by atoms with Crippen LogP contribution < -0.4 is 5.32 Å². The Morgan fingerprint density at radius 1 is 1.41 bits per heavy atom. The zero-order chi connectivity index (χ0) is 12.4. The highest BCUT2D eigenvalue weighted by Gasteiger charge is 2.22. The molecule has 4 heteroatoms. The van der Waals surface area contributed by atoms with Crippen LogP contribution in [0.5, 0.6) is 0 Å². The molecule has 17 heavy (non-hydrogen) atoms. The fourth-order valence-electron chi connectivity index (χ4n) is 2.25. The van der Waals surface area contributed by atoms with Crippen LogP contribution in [0.3, 0.4) is 0 Å². The van der Waals surface area contributed by atoms with E-state index in [1.54, 1.807) is 6.07 Å². The standard InChI is InChI=1S/C13H18BrFN2/c1-9-7-17(10(2)6-16-9)8-11-3-12(14)5-13(15)4-11/h3-5,9-10,16H,6-8H2,1-2H3. The van der Waals surface area contributed by atoms with Crippen molar-refractivity contribution >= 4 is 15.9 Å². The van der Waals surface area contributed by atoms with Gasteiger partial charge in [-0.3, -0.25) is 4.90 Å². The minimum atomic E-state index is -0.176. The predicted octanol–water partition coefficient (Wildman–Crippen LogP) is 2.77. The van der Waals surface area contributed by atoms with Gasteiger partial charge in [-0.15, -0.1) is 0 Å². The minimum absolute atomic E-state index is 0.176. The number of benzene rings is 1. The van der Waals surface area contributed by atoms with Gasteiger partial charge in [-0.2, -0.15) is 0 Å². The molecule has 1 aliphatic heterocycles. The van der Waals surface area contributed by atoms with E-state index in [0.29, 0.717) is 12.1 Å². The lowest BCUT2D eigenvalue weighted by atomic mass is 10.1. The Morgan fingerprint density at radius 2 is 2.18 bits per heavy atom. The summed E-state index contributed by atoms with van der Waals surface area (Å²) >= 11 is 3.33. The van der Waals surface area contributed by atoms with Crippen LogP contribution in [0.4, 0.5) is 4.39 Å². The van der Waals surface area contributed by atoms with Crippen LogP contribution in [0.2, 0.25) is 0 Å². The molecule has 2 unspecified atom stereocenters. The van der Waals surface area contributed by atoms with Crippen molar-refractivity contribution in [1.82, 2.24) is 10.2 Å². The zero-order valence-electron chi connectivity index (χ0n) is 10.2. The van der Waals surface area contributed by atoms with Gasteiger partial charge in [0.05, 0.1) is 0 Å². The van der Waals surface area contributed by atoms with Gasteiger partial charge in [0, 0.05) is 36.2 Å². The highest BCUT2D eigenvalue weighted by atomic mass is 79.9. The normalized spacial score (nSPS) is 26.1. The Morgan fingerprint density at radius 3 is 2.88 bits per heavy atom. The summed E-state index contributed by atoms with van der Waals surface area (Å²) in [7, 11) is 0. The van der Waals surface area contributed by atoms with Crippen molar-refractivity contribution in [2.75, 3.05) is 13.1 Å². The molecular formula is C13H18BrFN2. The molecule has 2 nitrogen and oxygen atoms in total. The number of nitrogens with one attached hydrogen (secondary N) is 1. The van der Waals surface area contributed by atoms with Gasteiger partial charge in [0.1, 0.15) is 5.82 Å². The predicted molar refractivity (Wildman–Crippen MR) is 71.4 cm³/mol. The molecule has 0 aromatic heterocycles. The molecule has 1 fully saturated rings. The van der Waals surface area contributed by atoms with E-state index in [1.807, 2.05) is 6.07 Å². The van der Waals surface area contributed by atoms with Crippen LogP contribution in [0.25, 0.3) is 0 Å². The van der Waals surface area contributed by atoms with E-state index < -0.39 is 0 Å². The molecule has 1 aromatic carbocycles. The zero-order valence-corrected chi connectivity index (χ0v) is 11.8. The van der Waals surface area contributed by atoms with Crippen LogP contribution in [0, 0.1) is 5.82 Å². The number of rotatable bonds is 2. The molecule has 1 aliphatic rings. The molecule has 0 amide bonds. The molecule has 94 valence electrons. The molecule has 2 atom stereocenters. The topological polar surface area (TPSA) is 15.3 Å². The summed E-state index contributed by atoms with van der Waals surface area (Å²) in [5.41, 5.74) is 1.03. The quantitative estimate of drug-likeness (QED) is 0.903.